The van der Waals surface area contributed by atoms with Crippen molar-refractivity contribution in [3.05, 3.63) is 70.3 Å². The fraction of sp³-hybridized carbons (Fsp3) is 0.304. The maximum atomic E-state index is 10.8. The number of allylic oxidation sites excluding steroid dienone is 1. The molecule has 2 aromatic rings. The van der Waals surface area contributed by atoms with Crippen molar-refractivity contribution >= 4 is 28.3 Å². The molecule has 0 amide bonds. The predicted octanol–water partition coefficient (Wildman–Crippen LogP) is 2.08. The summed E-state index contributed by atoms with van der Waals surface area (Å²) in [6, 6.07) is 12.3. The van der Waals surface area contributed by atoms with Gasteiger partial charge in [0.05, 0.1) is 17.2 Å². The normalized spacial score (nSPS) is 11.7. The topological polar surface area (TPSA) is 66.4 Å². The van der Waals surface area contributed by atoms with Crippen molar-refractivity contribution in [3.8, 4) is 5.75 Å². The molecule has 0 bridgehead atoms. The van der Waals surface area contributed by atoms with Gasteiger partial charge in [0.1, 0.15) is 5.75 Å². The van der Waals surface area contributed by atoms with Gasteiger partial charge in [-0.05, 0) is 61.9 Å². The van der Waals surface area contributed by atoms with Crippen LogP contribution in [0.15, 0.2) is 42.5 Å². The van der Waals surface area contributed by atoms with Crippen molar-refractivity contribution in [2.75, 3.05) is 12.9 Å². The summed E-state index contributed by atoms with van der Waals surface area (Å²) in [6.45, 7) is 4.00. The van der Waals surface area contributed by atoms with Crippen LogP contribution in [-0.4, -0.2) is 25.8 Å². The third-order valence-corrected chi connectivity index (χ3v) is 5.25. The Morgan fingerprint density at radius 3 is 2.28 bits per heavy atom. The molecule has 0 fully saturated rings. The van der Waals surface area contributed by atoms with Crippen LogP contribution < -0.4 is 34.3 Å². The maximum absolute atomic E-state index is 10.8. The van der Waals surface area contributed by atoms with Crippen molar-refractivity contribution in [2.45, 2.75) is 33.1 Å². The molecular formula is C23H27NaO4S. The zero-order valence-electron chi connectivity index (χ0n) is 17.6. The number of aryl methyl sites for hydroxylation is 2. The minimum atomic E-state index is -4.16. The number of unbranched alkanes of at least 4 members (excludes halogenated alkanes) is 1. The van der Waals surface area contributed by atoms with Gasteiger partial charge in [-0.25, -0.2) is 8.42 Å². The van der Waals surface area contributed by atoms with Crippen molar-refractivity contribution < 1.29 is 47.3 Å². The van der Waals surface area contributed by atoms with Gasteiger partial charge in [0.15, 0.2) is 0 Å². The zero-order chi connectivity index (χ0) is 20.6. The van der Waals surface area contributed by atoms with Gasteiger partial charge in [0, 0.05) is 11.3 Å². The molecule has 0 atom stereocenters. The van der Waals surface area contributed by atoms with E-state index in [9.17, 15) is 13.0 Å². The molecule has 0 N–H and O–H groups in total. The van der Waals surface area contributed by atoms with Gasteiger partial charge in [-0.2, -0.15) is 0 Å². The fourth-order valence-corrected chi connectivity index (χ4v) is 3.53. The summed E-state index contributed by atoms with van der Waals surface area (Å²) in [6.07, 6.45) is 9.72. The molecule has 0 aromatic heterocycles. The van der Waals surface area contributed by atoms with Gasteiger partial charge in [-0.1, -0.05) is 54.1 Å². The van der Waals surface area contributed by atoms with Crippen LogP contribution in [0.1, 0.15) is 47.6 Å². The van der Waals surface area contributed by atoms with Crippen LogP contribution in [0.3, 0.4) is 0 Å². The van der Waals surface area contributed by atoms with Gasteiger partial charge in [0.2, 0.25) is 0 Å². The molecule has 0 saturated carbocycles. The average molecular weight is 423 g/mol. The summed E-state index contributed by atoms with van der Waals surface area (Å²) in [5.41, 5.74) is 5.41. The molecule has 0 unspecified atom stereocenters. The van der Waals surface area contributed by atoms with E-state index in [1.54, 1.807) is 7.11 Å². The summed E-state index contributed by atoms with van der Waals surface area (Å²) < 4.78 is 38.0. The monoisotopic (exact) mass is 422 g/mol. The van der Waals surface area contributed by atoms with E-state index in [4.69, 9.17) is 4.74 Å². The Balaban J connectivity index is 0.00000420. The van der Waals surface area contributed by atoms with Crippen molar-refractivity contribution in [2.24, 2.45) is 0 Å². The van der Waals surface area contributed by atoms with E-state index in [-0.39, 0.29) is 35.3 Å². The van der Waals surface area contributed by atoms with Gasteiger partial charge < -0.3 is 9.29 Å². The molecule has 0 radical (unpaired) electrons. The molecule has 2 rings (SSSR count). The maximum Gasteiger partial charge on any atom is 1.00 e. The third kappa shape index (κ3) is 8.89. The first-order valence-corrected chi connectivity index (χ1v) is 10.9. The second-order valence-electron chi connectivity index (χ2n) is 6.76. The quantitative estimate of drug-likeness (QED) is 0.269. The second-order valence-corrected chi connectivity index (χ2v) is 8.28. The molecule has 0 spiro atoms. The second kappa shape index (κ2) is 12.4. The Bertz CT molecular complexity index is 946. The Kier molecular flexibility index (Phi) is 10.9. The van der Waals surface area contributed by atoms with Crippen LogP contribution in [0.5, 0.6) is 5.75 Å². The Hall–Kier alpha value is -1.37. The number of ether oxygens (including phenoxy) is 1. The van der Waals surface area contributed by atoms with Gasteiger partial charge >= 0.3 is 29.6 Å². The number of benzene rings is 2. The minimum Gasteiger partial charge on any atom is -0.748 e. The van der Waals surface area contributed by atoms with E-state index in [1.165, 1.54) is 5.56 Å². The first-order valence-electron chi connectivity index (χ1n) is 9.34. The van der Waals surface area contributed by atoms with Crippen LogP contribution in [0.2, 0.25) is 0 Å². The van der Waals surface area contributed by atoms with E-state index in [2.05, 4.69) is 43.3 Å². The molecule has 0 aliphatic heterocycles. The molecule has 0 saturated heterocycles. The number of hydrogen-bond acceptors (Lipinski definition) is 4. The molecule has 0 aliphatic carbocycles. The number of rotatable bonds is 9. The summed E-state index contributed by atoms with van der Waals surface area (Å²) in [7, 11) is -2.51. The summed E-state index contributed by atoms with van der Waals surface area (Å²) >= 11 is 0. The zero-order valence-corrected chi connectivity index (χ0v) is 20.5. The van der Waals surface area contributed by atoms with Crippen molar-refractivity contribution in [1.29, 1.82) is 0 Å². The molecular weight excluding hydrogens is 395 g/mol. The van der Waals surface area contributed by atoms with E-state index >= 15 is 0 Å². The van der Waals surface area contributed by atoms with Crippen LogP contribution in [0, 0.1) is 6.92 Å². The fourth-order valence-electron chi connectivity index (χ4n) is 2.98. The Morgan fingerprint density at radius 1 is 1.00 bits per heavy atom. The molecule has 29 heavy (non-hydrogen) atoms. The molecule has 150 valence electrons. The van der Waals surface area contributed by atoms with E-state index in [0.29, 0.717) is 19.3 Å². The smallest absolute Gasteiger partial charge is 0.748 e. The summed E-state index contributed by atoms with van der Waals surface area (Å²) in [5.74, 6) is 0.465. The third-order valence-electron chi connectivity index (χ3n) is 4.46. The SMILES string of the molecule is C/C=C/c1cc(CCCCS(=O)(=O)[O-])c(/C=C/c2ccc(C)cc2)cc1OC.[Na+]. The van der Waals surface area contributed by atoms with E-state index in [1.807, 2.05) is 31.2 Å². The van der Waals surface area contributed by atoms with Crippen LogP contribution >= 0.6 is 0 Å². The summed E-state index contributed by atoms with van der Waals surface area (Å²) in [5, 5.41) is 0. The molecule has 6 heteroatoms. The first kappa shape index (κ1) is 25.7. The summed E-state index contributed by atoms with van der Waals surface area (Å²) in [4.78, 5) is 0. The molecule has 2 aromatic carbocycles. The predicted molar refractivity (Wildman–Crippen MR) is 115 cm³/mol. The number of methoxy groups -OCH3 is 1. The Labute approximate surface area is 196 Å². The largest absolute Gasteiger partial charge is 1.00 e. The standard InChI is InChI=1S/C23H28O4S.Na/c1-4-7-22-16-20(8-5-6-15-28(24,25)26)21(17-23(22)27-3)14-13-19-11-9-18(2)10-12-19;/h4,7,9-14,16-17H,5-6,8,15H2,1-3H3,(H,24,25,26);/q;+1/p-1/b7-4+,14-13+;. The first-order chi connectivity index (χ1) is 13.3. The van der Waals surface area contributed by atoms with Gasteiger partial charge in [0.25, 0.3) is 0 Å². The van der Waals surface area contributed by atoms with E-state index < -0.39 is 10.1 Å². The average Bonchev–Trinajstić information content (AvgIpc) is 2.65. The van der Waals surface area contributed by atoms with Gasteiger partial charge in [-0.3, -0.25) is 0 Å². The van der Waals surface area contributed by atoms with Crippen LogP contribution in [0.4, 0.5) is 0 Å². The van der Waals surface area contributed by atoms with E-state index in [0.717, 1.165) is 28.0 Å². The molecule has 0 heterocycles. The van der Waals surface area contributed by atoms with Gasteiger partial charge in [-0.15, -0.1) is 0 Å². The van der Waals surface area contributed by atoms with Crippen LogP contribution in [0.25, 0.3) is 18.2 Å². The van der Waals surface area contributed by atoms with Crippen molar-refractivity contribution in [1.82, 2.24) is 0 Å². The van der Waals surface area contributed by atoms with Crippen LogP contribution in [-0.2, 0) is 16.5 Å². The van der Waals surface area contributed by atoms with Crippen molar-refractivity contribution in [3.63, 3.8) is 0 Å². The number of hydrogen-bond donors (Lipinski definition) is 0. The molecule has 4 nitrogen and oxygen atoms in total. The molecule has 0 aliphatic rings. The minimum absolute atomic E-state index is 0. The Morgan fingerprint density at radius 2 is 1.69 bits per heavy atom.